The number of ether oxygens (including phenoxy) is 2. The highest BCUT2D eigenvalue weighted by Gasteiger charge is 2.70. The molecule has 2 aromatic heterocycles. The molecule has 6 rings (SSSR count). The van der Waals surface area contributed by atoms with Crippen molar-refractivity contribution in [3.63, 3.8) is 0 Å². The van der Waals surface area contributed by atoms with Gasteiger partial charge in [0.15, 0.2) is 0 Å². The van der Waals surface area contributed by atoms with Gasteiger partial charge in [0, 0.05) is 61.9 Å². The molecule has 290 valence electrons. The first kappa shape index (κ1) is 38.7. The number of aromatic nitrogens is 2. The van der Waals surface area contributed by atoms with Gasteiger partial charge in [-0.25, -0.2) is 14.6 Å². The Hall–Kier alpha value is -4.00. The van der Waals surface area contributed by atoms with Gasteiger partial charge in [-0.2, -0.15) is 0 Å². The molecule has 4 N–H and O–H groups in total. The molecular formula is C40H55N3O10. The number of aliphatic carboxylic acids is 1. The molecule has 4 aliphatic carbocycles. The number of aliphatic hydroxyl groups is 1. The van der Waals surface area contributed by atoms with Crippen LogP contribution in [0.5, 0.6) is 0 Å². The molecule has 2 aromatic rings. The molecule has 1 unspecified atom stereocenters. The van der Waals surface area contributed by atoms with E-state index in [2.05, 4.69) is 29.1 Å². The summed E-state index contributed by atoms with van der Waals surface area (Å²) in [6.45, 7) is 5.88. The van der Waals surface area contributed by atoms with Crippen LogP contribution in [0.4, 0.5) is 0 Å². The summed E-state index contributed by atoms with van der Waals surface area (Å²) in [5, 5.41) is 24.8. The van der Waals surface area contributed by atoms with Gasteiger partial charge >= 0.3 is 23.5 Å². The Morgan fingerprint density at radius 1 is 1.02 bits per heavy atom. The summed E-state index contributed by atoms with van der Waals surface area (Å²) >= 11 is 0. The van der Waals surface area contributed by atoms with Gasteiger partial charge in [0.1, 0.15) is 18.2 Å². The minimum Gasteiger partial charge on any atom is -0.480 e. The summed E-state index contributed by atoms with van der Waals surface area (Å²) in [7, 11) is 0. The summed E-state index contributed by atoms with van der Waals surface area (Å²) in [5.74, 6) is -1.59. The molecule has 4 fully saturated rings. The van der Waals surface area contributed by atoms with Crippen molar-refractivity contribution in [2.24, 2.45) is 28.6 Å². The summed E-state index contributed by atoms with van der Waals surface area (Å²) in [6.07, 6.45) is 13.6. The second-order valence-corrected chi connectivity index (χ2v) is 16.6. The maximum absolute atomic E-state index is 12.9. The van der Waals surface area contributed by atoms with Crippen LogP contribution in [0.3, 0.4) is 0 Å². The molecule has 0 radical (unpaired) electrons. The standard InChI is InChI=1S/C40H55N3O10/c1-24(44)52-32-20-40(50)30-12-11-26-18-28(14-16-38(26,2)29(30)15-17-39(40,3)36(32)25-10-13-34(46)51-22-25)53-35(47)9-7-5-4-6-8-33(45)43-31(37(48)49)19-27-21-41-23-42-27/h10,13,21-23,26,28-32,36,50H,4-9,11-12,14-20H2,1-3H3,(H,41,42)(H,43,45)(H,48,49)/t26-,28+,29+,30-,31?,32+,36+,38+,39-,40+/m1/s1. The van der Waals surface area contributed by atoms with Crippen LogP contribution in [0, 0.1) is 28.6 Å². The molecule has 0 saturated heterocycles. The lowest BCUT2D eigenvalue weighted by molar-refractivity contribution is -0.207. The largest absolute Gasteiger partial charge is 0.480 e. The Labute approximate surface area is 310 Å². The van der Waals surface area contributed by atoms with E-state index < -0.39 is 40.7 Å². The van der Waals surface area contributed by atoms with Gasteiger partial charge in [-0.15, -0.1) is 0 Å². The monoisotopic (exact) mass is 737 g/mol. The highest BCUT2D eigenvalue weighted by Crippen LogP contribution is 2.71. The number of nitrogens with one attached hydrogen (secondary N) is 2. The van der Waals surface area contributed by atoms with E-state index in [0.717, 1.165) is 63.4 Å². The average Bonchev–Trinajstić information content (AvgIpc) is 3.69. The predicted octanol–water partition coefficient (Wildman–Crippen LogP) is 5.21. The van der Waals surface area contributed by atoms with Crippen molar-refractivity contribution < 1.29 is 43.3 Å². The number of carbonyl (C=O) groups excluding carboxylic acids is 3. The molecule has 1 amide bonds. The Balaban J connectivity index is 0.967. The van der Waals surface area contributed by atoms with Crippen molar-refractivity contribution in [1.29, 1.82) is 0 Å². The molecule has 13 heteroatoms. The summed E-state index contributed by atoms with van der Waals surface area (Å²) in [4.78, 5) is 67.5. The maximum atomic E-state index is 12.9. The summed E-state index contributed by atoms with van der Waals surface area (Å²) in [6, 6.07) is 2.11. The van der Waals surface area contributed by atoms with Crippen molar-refractivity contribution >= 4 is 23.8 Å². The number of aromatic amines is 1. The van der Waals surface area contributed by atoms with E-state index in [4.69, 9.17) is 13.9 Å². The zero-order valence-corrected chi connectivity index (χ0v) is 31.1. The van der Waals surface area contributed by atoms with Crippen LogP contribution in [0.15, 0.2) is 40.1 Å². The summed E-state index contributed by atoms with van der Waals surface area (Å²) in [5.41, 5.74) is -0.674. The molecule has 4 aliphatic rings. The van der Waals surface area contributed by atoms with Crippen LogP contribution in [-0.2, 0) is 35.1 Å². The third-order valence-electron chi connectivity index (χ3n) is 13.6. The fraction of sp³-hybridized carbons (Fsp3) is 0.700. The molecule has 0 aromatic carbocycles. The molecule has 53 heavy (non-hydrogen) atoms. The van der Waals surface area contributed by atoms with E-state index in [1.165, 1.54) is 31.8 Å². The second kappa shape index (κ2) is 15.8. The van der Waals surface area contributed by atoms with Crippen molar-refractivity contribution in [2.45, 2.75) is 147 Å². The number of amides is 1. The normalized spacial score (nSPS) is 33.8. The van der Waals surface area contributed by atoms with Gasteiger partial charge in [0.05, 0.1) is 18.2 Å². The zero-order chi connectivity index (χ0) is 38.0. The maximum Gasteiger partial charge on any atom is 0.335 e. The van der Waals surface area contributed by atoms with Gasteiger partial charge in [-0.1, -0.05) is 26.7 Å². The number of fused-ring (bicyclic) bond motifs is 5. The number of nitrogens with zero attached hydrogens (tertiary/aromatic N) is 1. The number of carboxylic acid groups (broad SMARTS) is 1. The van der Waals surface area contributed by atoms with Gasteiger partial charge < -0.3 is 34.4 Å². The first-order valence-corrected chi connectivity index (χ1v) is 19.4. The second-order valence-electron chi connectivity index (χ2n) is 16.6. The van der Waals surface area contributed by atoms with Crippen LogP contribution >= 0.6 is 0 Å². The third kappa shape index (κ3) is 7.95. The van der Waals surface area contributed by atoms with Gasteiger partial charge in [-0.05, 0) is 92.6 Å². The SMILES string of the molecule is CC(=O)O[C@H]1C[C@]2(O)[C@@H]3CC[C@@H]4C[C@@H](OC(=O)CCCCCCC(=O)NC(Cc5cnc[nH]5)C(=O)O)CC[C@]4(C)[C@H]3CC[C@]2(C)[C@H]1c1ccc(=O)oc1. The molecule has 10 atom stereocenters. The van der Waals surface area contributed by atoms with Crippen LogP contribution < -0.4 is 10.9 Å². The fourth-order valence-corrected chi connectivity index (χ4v) is 11.0. The number of hydrogen-bond donors (Lipinski definition) is 4. The zero-order valence-electron chi connectivity index (χ0n) is 31.1. The Kier molecular flexibility index (Phi) is 11.5. The first-order valence-electron chi connectivity index (χ1n) is 19.4. The first-order chi connectivity index (χ1) is 25.2. The minimum absolute atomic E-state index is 0.00664. The lowest BCUT2D eigenvalue weighted by atomic mass is 9.43. The fourth-order valence-electron chi connectivity index (χ4n) is 11.0. The van der Waals surface area contributed by atoms with E-state index in [9.17, 15) is 34.2 Å². The predicted molar refractivity (Wildman–Crippen MR) is 191 cm³/mol. The number of unbranched alkanes of at least 4 members (excludes halogenated alkanes) is 3. The van der Waals surface area contributed by atoms with Gasteiger partial charge in [0.25, 0.3) is 0 Å². The molecule has 0 bridgehead atoms. The van der Waals surface area contributed by atoms with Gasteiger partial charge in [0.2, 0.25) is 5.91 Å². The van der Waals surface area contributed by atoms with Crippen molar-refractivity contribution in [3.8, 4) is 0 Å². The van der Waals surface area contributed by atoms with Crippen molar-refractivity contribution in [3.05, 3.63) is 52.6 Å². The Bertz CT molecular complexity index is 1670. The topological polar surface area (TPSA) is 198 Å². The molecular weight excluding hydrogens is 682 g/mol. The third-order valence-corrected chi connectivity index (χ3v) is 13.6. The van der Waals surface area contributed by atoms with Gasteiger partial charge in [-0.3, -0.25) is 14.4 Å². The van der Waals surface area contributed by atoms with E-state index in [1.807, 2.05) is 0 Å². The molecule has 2 heterocycles. The lowest BCUT2D eigenvalue weighted by Crippen LogP contribution is -2.62. The van der Waals surface area contributed by atoms with Crippen molar-refractivity contribution in [1.82, 2.24) is 15.3 Å². The average molecular weight is 738 g/mol. The number of H-pyrrole nitrogens is 1. The molecule has 4 saturated carbocycles. The minimum atomic E-state index is -1.10. The number of hydrogen-bond acceptors (Lipinski definition) is 10. The van der Waals surface area contributed by atoms with Crippen LogP contribution in [0.25, 0.3) is 0 Å². The van der Waals surface area contributed by atoms with Crippen molar-refractivity contribution in [2.75, 3.05) is 0 Å². The summed E-state index contributed by atoms with van der Waals surface area (Å²) < 4.78 is 17.1. The van der Waals surface area contributed by atoms with Crippen LogP contribution in [-0.4, -0.2) is 67.8 Å². The van der Waals surface area contributed by atoms with E-state index in [0.29, 0.717) is 37.3 Å². The van der Waals surface area contributed by atoms with E-state index in [-0.39, 0.29) is 54.0 Å². The highest BCUT2D eigenvalue weighted by atomic mass is 16.5. The van der Waals surface area contributed by atoms with E-state index in [1.54, 1.807) is 6.07 Å². The Morgan fingerprint density at radius 2 is 1.79 bits per heavy atom. The molecule has 0 spiro atoms. The van der Waals surface area contributed by atoms with Crippen LogP contribution in [0.2, 0.25) is 0 Å². The quantitative estimate of drug-likeness (QED) is 0.147. The highest BCUT2D eigenvalue weighted by molar-refractivity contribution is 5.83. The molecule has 13 nitrogen and oxygen atoms in total. The van der Waals surface area contributed by atoms with Crippen LogP contribution in [0.1, 0.15) is 128 Å². The smallest absolute Gasteiger partial charge is 0.335 e. The number of rotatable bonds is 14. The molecule has 0 aliphatic heterocycles. The number of carbonyl (C=O) groups is 4. The number of esters is 2. The number of imidazole rings is 1. The van der Waals surface area contributed by atoms with E-state index >= 15 is 0 Å². The lowest BCUT2D eigenvalue weighted by Gasteiger charge is -2.63. The Morgan fingerprint density at radius 3 is 2.47 bits per heavy atom. The number of carboxylic acids is 1.